The first-order chi connectivity index (χ1) is 7.65. The monoisotopic (exact) mass is 218 g/mol. The van der Waals surface area contributed by atoms with Crippen LogP contribution < -0.4 is 0 Å². The number of hydrogen-bond donors (Lipinski definition) is 1. The summed E-state index contributed by atoms with van der Waals surface area (Å²) in [5, 5.41) is 9.26. The van der Waals surface area contributed by atoms with E-state index in [1.807, 2.05) is 31.2 Å². The molecule has 84 valence electrons. The number of Topliss-reactive ketones (excluding diaryl/α,β-unsaturated/α-hetero) is 1. The summed E-state index contributed by atoms with van der Waals surface area (Å²) in [6.45, 7) is 3.20. The second-order valence-electron chi connectivity index (χ2n) is 3.83. The van der Waals surface area contributed by atoms with Crippen LogP contribution in [0.3, 0.4) is 0 Å². The third-order valence-corrected chi connectivity index (χ3v) is 2.79. The first kappa shape index (κ1) is 10.8. The summed E-state index contributed by atoms with van der Waals surface area (Å²) in [4.78, 5) is 15.7. The fourth-order valence-electron chi connectivity index (χ4n) is 1.82. The van der Waals surface area contributed by atoms with Crippen LogP contribution in [0.25, 0.3) is 11.0 Å². The van der Waals surface area contributed by atoms with E-state index in [0.717, 1.165) is 11.0 Å². The maximum absolute atomic E-state index is 11.4. The van der Waals surface area contributed by atoms with Gasteiger partial charge in [-0.1, -0.05) is 12.1 Å². The van der Waals surface area contributed by atoms with Crippen LogP contribution in [0.15, 0.2) is 24.3 Å². The van der Waals surface area contributed by atoms with Crippen LogP contribution in [0.2, 0.25) is 0 Å². The number of ketones is 1. The molecule has 0 saturated carbocycles. The number of nitrogens with zero attached hydrogens (tertiary/aromatic N) is 2. The van der Waals surface area contributed by atoms with Crippen molar-refractivity contribution in [3.63, 3.8) is 0 Å². The minimum absolute atomic E-state index is 0.0536. The minimum Gasteiger partial charge on any atom is -0.388 e. The molecule has 1 heterocycles. The quantitative estimate of drug-likeness (QED) is 0.852. The van der Waals surface area contributed by atoms with Crippen molar-refractivity contribution in [2.45, 2.75) is 26.5 Å². The fraction of sp³-hybridized carbons (Fsp3) is 0.333. The normalized spacial score (nSPS) is 12.9. The van der Waals surface area contributed by atoms with Gasteiger partial charge in [-0.2, -0.15) is 0 Å². The van der Waals surface area contributed by atoms with Gasteiger partial charge in [-0.3, -0.25) is 4.79 Å². The van der Waals surface area contributed by atoms with E-state index >= 15 is 0 Å². The molecule has 1 N–H and O–H groups in total. The zero-order valence-electron chi connectivity index (χ0n) is 9.34. The lowest BCUT2D eigenvalue weighted by atomic mass is 10.2. The van der Waals surface area contributed by atoms with Crippen molar-refractivity contribution in [2.24, 2.45) is 0 Å². The van der Waals surface area contributed by atoms with Gasteiger partial charge < -0.3 is 9.67 Å². The molecule has 1 aromatic heterocycles. The number of aromatic nitrogens is 2. The highest BCUT2D eigenvalue weighted by Crippen LogP contribution is 2.21. The zero-order chi connectivity index (χ0) is 11.7. The highest BCUT2D eigenvalue weighted by Gasteiger charge is 2.17. The van der Waals surface area contributed by atoms with Crippen LogP contribution in [-0.4, -0.2) is 20.4 Å². The Morgan fingerprint density at radius 1 is 1.50 bits per heavy atom. The lowest BCUT2D eigenvalue weighted by molar-refractivity contribution is -0.119. The summed E-state index contributed by atoms with van der Waals surface area (Å²) in [5.74, 6) is 0.585. The molecule has 1 unspecified atom stereocenters. The van der Waals surface area contributed by atoms with E-state index in [1.165, 1.54) is 0 Å². The highest BCUT2D eigenvalue weighted by atomic mass is 16.3. The van der Waals surface area contributed by atoms with Crippen molar-refractivity contribution < 1.29 is 9.90 Å². The van der Waals surface area contributed by atoms with Gasteiger partial charge in [0.05, 0.1) is 17.1 Å². The molecule has 0 aliphatic heterocycles. The number of aliphatic hydroxyl groups excluding tert-OH is 1. The van der Waals surface area contributed by atoms with Crippen LogP contribution >= 0.6 is 0 Å². The van der Waals surface area contributed by atoms with Gasteiger partial charge in [-0.25, -0.2) is 4.98 Å². The number of carbonyl (C=O) groups is 1. The molecule has 0 bridgehead atoms. The van der Waals surface area contributed by atoms with Gasteiger partial charge in [0.15, 0.2) is 5.78 Å². The molecular weight excluding hydrogens is 204 g/mol. The molecule has 1 atom stereocenters. The Morgan fingerprint density at radius 2 is 2.19 bits per heavy atom. The van der Waals surface area contributed by atoms with Gasteiger partial charge in [0.1, 0.15) is 12.4 Å². The van der Waals surface area contributed by atoms with Crippen molar-refractivity contribution in [1.82, 2.24) is 9.55 Å². The van der Waals surface area contributed by atoms with E-state index in [0.29, 0.717) is 5.82 Å². The van der Waals surface area contributed by atoms with E-state index < -0.39 is 0 Å². The number of imidazole rings is 1. The van der Waals surface area contributed by atoms with Gasteiger partial charge in [-0.05, 0) is 26.0 Å². The molecule has 16 heavy (non-hydrogen) atoms. The Bertz CT molecular complexity index is 531. The van der Waals surface area contributed by atoms with Crippen LogP contribution in [0.1, 0.15) is 25.7 Å². The summed E-state index contributed by atoms with van der Waals surface area (Å²) in [6.07, 6.45) is 0. The molecule has 0 saturated heterocycles. The minimum atomic E-state index is -0.297. The Balaban J connectivity index is 2.69. The molecule has 0 amide bonds. The number of benzene rings is 1. The number of aliphatic hydroxyl groups is 1. The maximum atomic E-state index is 11.4. The molecule has 0 aliphatic carbocycles. The first-order valence-electron chi connectivity index (χ1n) is 5.22. The van der Waals surface area contributed by atoms with Crippen LogP contribution in [0, 0.1) is 0 Å². The van der Waals surface area contributed by atoms with Crippen LogP contribution in [0.5, 0.6) is 0 Å². The smallest absolute Gasteiger partial charge is 0.152 e. The Hall–Kier alpha value is -1.68. The first-order valence-corrected chi connectivity index (χ1v) is 5.22. The van der Waals surface area contributed by atoms with Crippen molar-refractivity contribution >= 4 is 16.8 Å². The number of fused-ring (bicyclic) bond motifs is 1. The molecular formula is C12H14N2O2. The van der Waals surface area contributed by atoms with Crippen molar-refractivity contribution in [3.05, 3.63) is 30.1 Å². The van der Waals surface area contributed by atoms with Crippen molar-refractivity contribution in [2.75, 3.05) is 0 Å². The van der Waals surface area contributed by atoms with Crippen molar-refractivity contribution in [3.8, 4) is 0 Å². The predicted molar refractivity (Wildman–Crippen MR) is 61.0 cm³/mol. The summed E-state index contributed by atoms with van der Waals surface area (Å²) in [5.41, 5.74) is 1.69. The summed E-state index contributed by atoms with van der Waals surface area (Å²) in [6, 6.07) is 7.27. The molecule has 4 heteroatoms. The molecule has 0 fully saturated rings. The molecule has 0 aliphatic rings. The fourth-order valence-corrected chi connectivity index (χ4v) is 1.82. The summed E-state index contributed by atoms with van der Waals surface area (Å²) >= 11 is 0. The lowest BCUT2D eigenvalue weighted by Gasteiger charge is -2.13. The second-order valence-corrected chi connectivity index (χ2v) is 3.83. The molecule has 0 radical (unpaired) electrons. The molecule has 0 spiro atoms. The SMILES string of the molecule is CC(=O)C(C)n1c(CO)nc2ccccc21. The molecule has 4 nitrogen and oxygen atoms in total. The third-order valence-electron chi connectivity index (χ3n) is 2.79. The third kappa shape index (κ3) is 1.61. The summed E-state index contributed by atoms with van der Waals surface area (Å²) in [7, 11) is 0. The van der Waals surface area contributed by atoms with Crippen molar-refractivity contribution in [1.29, 1.82) is 0 Å². The van der Waals surface area contributed by atoms with Crippen LogP contribution in [0.4, 0.5) is 0 Å². The largest absolute Gasteiger partial charge is 0.388 e. The second kappa shape index (κ2) is 4.06. The Kier molecular flexibility index (Phi) is 2.75. The topological polar surface area (TPSA) is 55.1 Å². The zero-order valence-corrected chi connectivity index (χ0v) is 9.34. The predicted octanol–water partition coefficient (Wildman–Crippen LogP) is 1.68. The average molecular weight is 218 g/mol. The Morgan fingerprint density at radius 3 is 2.81 bits per heavy atom. The number of rotatable bonds is 3. The van der Waals surface area contributed by atoms with E-state index in [-0.39, 0.29) is 18.4 Å². The maximum Gasteiger partial charge on any atom is 0.152 e. The highest BCUT2D eigenvalue weighted by molar-refractivity contribution is 5.83. The number of carbonyl (C=O) groups excluding carboxylic acids is 1. The van der Waals surface area contributed by atoms with E-state index in [2.05, 4.69) is 4.98 Å². The van der Waals surface area contributed by atoms with Gasteiger partial charge in [0.2, 0.25) is 0 Å². The van der Waals surface area contributed by atoms with E-state index in [4.69, 9.17) is 0 Å². The van der Waals surface area contributed by atoms with Gasteiger partial charge in [0, 0.05) is 0 Å². The molecule has 2 rings (SSSR count). The summed E-state index contributed by atoms with van der Waals surface area (Å²) < 4.78 is 1.79. The standard InChI is InChI=1S/C12H14N2O2/c1-8(9(2)16)14-11-6-4-3-5-10(11)13-12(14)7-15/h3-6,8,15H,7H2,1-2H3. The van der Waals surface area contributed by atoms with Gasteiger partial charge in [0.25, 0.3) is 0 Å². The number of para-hydroxylation sites is 2. The van der Waals surface area contributed by atoms with Crippen LogP contribution in [-0.2, 0) is 11.4 Å². The lowest BCUT2D eigenvalue weighted by Crippen LogP contribution is -2.16. The van der Waals surface area contributed by atoms with Gasteiger partial charge >= 0.3 is 0 Å². The Labute approximate surface area is 93.5 Å². The van der Waals surface area contributed by atoms with Gasteiger partial charge in [-0.15, -0.1) is 0 Å². The molecule has 2 aromatic rings. The number of hydrogen-bond acceptors (Lipinski definition) is 3. The van der Waals surface area contributed by atoms with E-state index in [9.17, 15) is 9.90 Å². The van der Waals surface area contributed by atoms with E-state index in [1.54, 1.807) is 11.5 Å². The average Bonchev–Trinajstić information content (AvgIpc) is 2.66. The molecule has 1 aromatic carbocycles.